The van der Waals surface area contributed by atoms with Gasteiger partial charge in [-0.15, -0.1) is 11.3 Å². The van der Waals surface area contributed by atoms with Crippen LogP contribution < -0.4 is 5.43 Å². The number of amides is 1. The second-order valence-electron chi connectivity index (χ2n) is 5.22. The topological polar surface area (TPSA) is 70.1 Å². The van der Waals surface area contributed by atoms with Crippen LogP contribution in [0.3, 0.4) is 0 Å². The summed E-state index contributed by atoms with van der Waals surface area (Å²) in [7, 11) is 0. The summed E-state index contributed by atoms with van der Waals surface area (Å²) in [6.45, 7) is 3.88. The van der Waals surface area contributed by atoms with E-state index in [1.165, 1.54) is 4.88 Å². The van der Waals surface area contributed by atoms with Gasteiger partial charge in [-0.2, -0.15) is 10.2 Å². The van der Waals surface area contributed by atoms with Crippen molar-refractivity contribution in [3.05, 3.63) is 63.1 Å². The van der Waals surface area contributed by atoms with Crippen molar-refractivity contribution in [2.45, 2.75) is 13.8 Å². The molecule has 2 aromatic heterocycles. The third-order valence-corrected chi connectivity index (χ3v) is 4.97. The Hall–Kier alpha value is -2.25. The van der Waals surface area contributed by atoms with Gasteiger partial charge in [0.25, 0.3) is 5.91 Å². The standard InChI is InChI=1S/C17H15BrN4OS/c1-10-3-8-16(24-10)14-9-15(21-20-14)17(23)22-19-11(2)12-4-6-13(18)7-5-12/h3-9H,1-2H3,(H,20,21)(H,22,23). The van der Waals surface area contributed by atoms with Crippen LogP contribution >= 0.6 is 27.3 Å². The van der Waals surface area contributed by atoms with Gasteiger partial charge < -0.3 is 0 Å². The highest BCUT2D eigenvalue weighted by molar-refractivity contribution is 9.10. The van der Waals surface area contributed by atoms with E-state index < -0.39 is 0 Å². The summed E-state index contributed by atoms with van der Waals surface area (Å²) in [6.07, 6.45) is 0. The zero-order valence-electron chi connectivity index (χ0n) is 13.1. The Morgan fingerprint density at radius 3 is 2.67 bits per heavy atom. The number of H-pyrrole nitrogens is 1. The predicted octanol–water partition coefficient (Wildman–Crippen LogP) is 4.36. The summed E-state index contributed by atoms with van der Waals surface area (Å²) in [6, 6.07) is 13.5. The number of aromatic nitrogens is 2. The number of hydrogen-bond donors (Lipinski definition) is 2. The van der Waals surface area contributed by atoms with Crippen molar-refractivity contribution in [3.63, 3.8) is 0 Å². The van der Waals surface area contributed by atoms with Gasteiger partial charge in [0.15, 0.2) is 5.69 Å². The average molecular weight is 403 g/mol. The maximum atomic E-state index is 12.2. The Morgan fingerprint density at radius 1 is 1.25 bits per heavy atom. The molecule has 0 aliphatic rings. The Morgan fingerprint density at radius 2 is 2.00 bits per heavy atom. The van der Waals surface area contributed by atoms with Gasteiger partial charge in [0.1, 0.15) is 0 Å². The van der Waals surface area contributed by atoms with Crippen LogP contribution in [0, 0.1) is 6.92 Å². The Labute approximate surface area is 151 Å². The molecule has 1 amide bonds. The van der Waals surface area contributed by atoms with Crippen molar-refractivity contribution < 1.29 is 4.79 Å². The number of nitrogens with one attached hydrogen (secondary N) is 2. The molecule has 0 spiro atoms. The molecule has 2 N–H and O–H groups in total. The lowest BCUT2D eigenvalue weighted by Gasteiger charge is -2.01. The molecule has 0 unspecified atom stereocenters. The van der Waals surface area contributed by atoms with Gasteiger partial charge in [0.05, 0.1) is 16.3 Å². The number of hydrogen-bond acceptors (Lipinski definition) is 4. The summed E-state index contributed by atoms with van der Waals surface area (Å²) in [5.41, 5.74) is 5.34. The number of benzene rings is 1. The lowest BCUT2D eigenvalue weighted by Crippen LogP contribution is -2.19. The summed E-state index contributed by atoms with van der Waals surface area (Å²) in [5.74, 6) is -0.345. The highest BCUT2D eigenvalue weighted by Crippen LogP contribution is 2.26. The van der Waals surface area contributed by atoms with Crippen molar-refractivity contribution in [1.82, 2.24) is 15.6 Å². The van der Waals surface area contributed by atoms with Crippen LogP contribution in [0.4, 0.5) is 0 Å². The molecule has 1 aromatic carbocycles. The zero-order chi connectivity index (χ0) is 17.1. The van der Waals surface area contributed by atoms with Crippen molar-refractivity contribution in [2.24, 2.45) is 5.10 Å². The summed E-state index contributed by atoms with van der Waals surface area (Å²) in [5, 5.41) is 11.1. The van der Waals surface area contributed by atoms with Crippen molar-refractivity contribution in [1.29, 1.82) is 0 Å². The molecule has 0 saturated carbocycles. The van der Waals surface area contributed by atoms with Gasteiger partial charge >= 0.3 is 0 Å². The lowest BCUT2D eigenvalue weighted by molar-refractivity contribution is 0.0950. The quantitative estimate of drug-likeness (QED) is 0.502. The molecular weight excluding hydrogens is 388 g/mol. The zero-order valence-corrected chi connectivity index (χ0v) is 15.5. The van der Waals surface area contributed by atoms with E-state index in [-0.39, 0.29) is 5.91 Å². The first kappa shape index (κ1) is 16.6. The van der Waals surface area contributed by atoms with Crippen LogP contribution in [0.2, 0.25) is 0 Å². The molecule has 0 atom stereocenters. The average Bonchev–Trinajstić information content (AvgIpc) is 3.22. The summed E-state index contributed by atoms with van der Waals surface area (Å²) in [4.78, 5) is 14.4. The van der Waals surface area contributed by atoms with Crippen LogP contribution in [0.25, 0.3) is 10.6 Å². The molecule has 3 rings (SSSR count). The molecule has 0 radical (unpaired) electrons. The maximum absolute atomic E-state index is 12.2. The number of carbonyl (C=O) groups is 1. The van der Waals surface area contributed by atoms with Crippen LogP contribution in [0.15, 0.2) is 52.0 Å². The monoisotopic (exact) mass is 402 g/mol. The third kappa shape index (κ3) is 3.80. The van der Waals surface area contributed by atoms with E-state index >= 15 is 0 Å². The molecule has 7 heteroatoms. The minimum absolute atomic E-state index is 0.309. The number of thiophene rings is 1. The van der Waals surface area contributed by atoms with Gasteiger partial charge in [-0.05, 0) is 49.7 Å². The first-order valence-corrected chi connectivity index (χ1v) is 8.86. The van der Waals surface area contributed by atoms with E-state index in [2.05, 4.69) is 36.7 Å². The van der Waals surface area contributed by atoms with E-state index in [1.54, 1.807) is 17.4 Å². The lowest BCUT2D eigenvalue weighted by atomic mass is 10.1. The van der Waals surface area contributed by atoms with E-state index in [4.69, 9.17) is 0 Å². The van der Waals surface area contributed by atoms with Crippen molar-refractivity contribution in [2.75, 3.05) is 0 Å². The van der Waals surface area contributed by atoms with Crippen molar-refractivity contribution >= 4 is 38.9 Å². The molecule has 24 heavy (non-hydrogen) atoms. The molecular formula is C17H15BrN4OS. The van der Waals surface area contributed by atoms with Crippen LogP contribution in [-0.2, 0) is 0 Å². The Balaban J connectivity index is 1.70. The van der Waals surface area contributed by atoms with Crippen LogP contribution in [0.5, 0.6) is 0 Å². The molecule has 0 aliphatic carbocycles. The molecule has 3 aromatic rings. The second kappa shape index (κ2) is 7.11. The van der Waals surface area contributed by atoms with Gasteiger partial charge in [-0.3, -0.25) is 9.89 Å². The summed E-state index contributed by atoms with van der Waals surface area (Å²) >= 11 is 5.04. The fraction of sp³-hybridized carbons (Fsp3) is 0.118. The first-order chi connectivity index (χ1) is 11.5. The normalized spacial score (nSPS) is 11.5. The van der Waals surface area contributed by atoms with E-state index in [0.29, 0.717) is 5.69 Å². The molecule has 0 saturated heterocycles. The molecule has 5 nitrogen and oxygen atoms in total. The first-order valence-electron chi connectivity index (χ1n) is 7.26. The largest absolute Gasteiger partial charge is 0.291 e. The SMILES string of the molecule is CC(=NNC(=O)c1cc(-c2ccc(C)s2)[nH]n1)c1ccc(Br)cc1. The molecule has 0 aliphatic heterocycles. The predicted molar refractivity (Wildman–Crippen MR) is 100 cm³/mol. The highest BCUT2D eigenvalue weighted by atomic mass is 79.9. The number of halogens is 1. The number of aryl methyl sites for hydroxylation is 1. The minimum Gasteiger partial charge on any atom is -0.276 e. The molecule has 122 valence electrons. The minimum atomic E-state index is -0.345. The fourth-order valence-corrected chi connectivity index (χ4v) is 3.19. The van der Waals surface area contributed by atoms with Crippen LogP contribution in [0.1, 0.15) is 27.9 Å². The van der Waals surface area contributed by atoms with E-state index in [0.717, 1.165) is 26.3 Å². The number of carbonyl (C=O) groups excluding carboxylic acids is 1. The van der Waals surface area contributed by atoms with Gasteiger partial charge in [-0.25, -0.2) is 5.43 Å². The van der Waals surface area contributed by atoms with Crippen molar-refractivity contribution in [3.8, 4) is 10.6 Å². The maximum Gasteiger partial charge on any atom is 0.291 e. The molecule has 0 fully saturated rings. The number of nitrogens with zero attached hydrogens (tertiary/aromatic N) is 2. The number of rotatable bonds is 4. The Kier molecular flexibility index (Phi) is 4.92. The van der Waals surface area contributed by atoms with E-state index in [9.17, 15) is 4.79 Å². The highest BCUT2D eigenvalue weighted by Gasteiger charge is 2.12. The third-order valence-electron chi connectivity index (χ3n) is 3.40. The second-order valence-corrected chi connectivity index (χ2v) is 7.43. The van der Waals surface area contributed by atoms with Crippen LogP contribution in [-0.4, -0.2) is 21.8 Å². The van der Waals surface area contributed by atoms with Gasteiger partial charge in [0, 0.05) is 9.35 Å². The molecule has 0 bridgehead atoms. The smallest absolute Gasteiger partial charge is 0.276 e. The Bertz CT molecular complexity index is 895. The number of hydrazone groups is 1. The summed E-state index contributed by atoms with van der Waals surface area (Å²) < 4.78 is 0.996. The molecule has 2 heterocycles. The fourth-order valence-electron chi connectivity index (χ4n) is 2.09. The number of aromatic amines is 1. The van der Waals surface area contributed by atoms with Gasteiger partial charge in [0.2, 0.25) is 0 Å². The van der Waals surface area contributed by atoms with E-state index in [1.807, 2.05) is 50.2 Å². The van der Waals surface area contributed by atoms with Gasteiger partial charge in [-0.1, -0.05) is 28.1 Å².